The normalized spacial score (nSPS) is 10.8. The maximum Gasteiger partial charge on any atom is 0.149 e. The fourth-order valence-corrected chi connectivity index (χ4v) is 1.88. The summed E-state index contributed by atoms with van der Waals surface area (Å²) in [6, 6.07) is 11.0. The Bertz CT molecular complexity index is 704. The van der Waals surface area contributed by atoms with Crippen molar-refractivity contribution in [1.82, 2.24) is 4.98 Å². The van der Waals surface area contributed by atoms with E-state index in [9.17, 15) is 8.78 Å². The van der Waals surface area contributed by atoms with E-state index in [1.807, 2.05) is 30.5 Å². The molecular weight excluding hydrogens is 234 g/mol. The van der Waals surface area contributed by atoms with Gasteiger partial charge in [-0.05, 0) is 36.4 Å². The molecule has 0 atom stereocenters. The van der Waals surface area contributed by atoms with Crippen LogP contribution in [0, 0.1) is 11.6 Å². The first-order valence-electron chi connectivity index (χ1n) is 5.51. The van der Waals surface area contributed by atoms with Crippen molar-refractivity contribution < 1.29 is 8.78 Å². The fourth-order valence-electron chi connectivity index (χ4n) is 1.88. The Morgan fingerprint density at radius 3 is 2.67 bits per heavy atom. The van der Waals surface area contributed by atoms with Gasteiger partial charge >= 0.3 is 0 Å². The summed E-state index contributed by atoms with van der Waals surface area (Å²) in [5.74, 6) is -1.19. The molecule has 0 aliphatic rings. The molecule has 3 rings (SSSR count). The van der Waals surface area contributed by atoms with Crippen molar-refractivity contribution in [3.63, 3.8) is 0 Å². The molecule has 1 heterocycles. The van der Waals surface area contributed by atoms with Crippen LogP contribution in [0.15, 0.2) is 48.7 Å². The molecule has 2 nitrogen and oxygen atoms in total. The topological polar surface area (TPSA) is 27.8 Å². The van der Waals surface area contributed by atoms with Gasteiger partial charge in [-0.3, -0.25) is 0 Å². The maximum absolute atomic E-state index is 13.5. The molecule has 0 aliphatic heterocycles. The van der Waals surface area contributed by atoms with E-state index >= 15 is 0 Å². The lowest BCUT2D eigenvalue weighted by molar-refractivity contribution is 0.586. The summed E-state index contributed by atoms with van der Waals surface area (Å²) < 4.78 is 26.3. The summed E-state index contributed by atoms with van der Waals surface area (Å²) in [5, 5.41) is 3.96. The van der Waals surface area contributed by atoms with Gasteiger partial charge < -0.3 is 10.3 Å². The van der Waals surface area contributed by atoms with E-state index in [1.165, 1.54) is 12.1 Å². The van der Waals surface area contributed by atoms with E-state index < -0.39 is 11.6 Å². The molecule has 0 unspecified atom stereocenters. The van der Waals surface area contributed by atoms with Gasteiger partial charge in [0.05, 0.1) is 5.69 Å². The number of hydrogen-bond donors (Lipinski definition) is 2. The number of fused-ring (bicyclic) bond motifs is 1. The van der Waals surface area contributed by atoms with Gasteiger partial charge in [0, 0.05) is 28.9 Å². The van der Waals surface area contributed by atoms with Crippen molar-refractivity contribution in [1.29, 1.82) is 0 Å². The van der Waals surface area contributed by atoms with E-state index in [2.05, 4.69) is 10.3 Å². The van der Waals surface area contributed by atoms with Crippen LogP contribution >= 0.6 is 0 Å². The number of anilines is 2. The standard InChI is InChI=1S/C14H10F2N2/c15-10-1-3-14(12(16)8-10)18-11-2-4-13-9(7-11)5-6-17-13/h1-8,17-18H. The highest BCUT2D eigenvalue weighted by molar-refractivity contribution is 5.84. The number of H-pyrrole nitrogens is 1. The second-order valence-corrected chi connectivity index (χ2v) is 4.03. The number of aromatic nitrogens is 1. The monoisotopic (exact) mass is 244 g/mol. The zero-order chi connectivity index (χ0) is 12.5. The van der Waals surface area contributed by atoms with Gasteiger partial charge in [0.1, 0.15) is 11.6 Å². The first-order chi connectivity index (χ1) is 8.72. The molecule has 0 bridgehead atoms. The SMILES string of the molecule is Fc1ccc(Nc2ccc3[nH]ccc3c2)c(F)c1. The third kappa shape index (κ3) is 1.93. The molecule has 1 aromatic heterocycles. The van der Waals surface area contributed by atoms with Crippen LogP contribution in [0.5, 0.6) is 0 Å². The molecule has 90 valence electrons. The third-order valence-corrected chi connectivity index (χ3v) is 2.76. The summed E-state index contributed by atoms with van der Waals surface area (Å²) in [6.45, 7) is 0. The Hall–Kier alpha value is -2.36. The molecule has 2 aromatic carbocycles. The number of rotatable bonds is 2. The smallest absolute Gasteiger partial charge is 0.149 e. The Balaban J connectivity index is 1.95. The van der Waals surface area contributed by atoms with E-state index in [-0.39, 0.29) is 5.69 Å². The zero-order valence-electron chi connectivity index (χ0n) is 9.37. The molecule has 3 aromatic rings. The highest BCUT2D eigenvalue weighted by Crippen LogP contribution is 2.23. The predicted octanol–water partition coefficient (Wildman–Crippen LogP) is 4.19. The van der Waals surface area contributed by atoms with Gasteiger partial charge in [-0.25, -0.2) is 8.78 Å². The van der Waals surface area contributed by atoms with Crippen LogP contribution in [0.25, 0.3) is 10.9 Å². The van der Waals surface area contributed by atoms with Gasteiger partial charge in [0.25, 0.3) is 0 Å². The van der Waals surface area contributed by atoms with E-state index in [0.29, 0.717) is 0 Å². The average molecular weight is 244 g/mol. The molecule has 0 saturated carbocycles. The van der Waals surface area contributed by atoms with Crippen LogP contribution in [0.3, 0.4) is 0 Å². The number of nitrogens with one attached hydrogen (secondary N) is 2. The minimum absolute atomic E-state index is 0.256. The van der Waals surface area contributed by atoms with Crippen LogP contribution in [0.4, 0.5) is 20.2 Å². The first kappa shape index (κ1) is 10.8. The number of benzene rings is 2. The molecule has 4 heteroatoms. The van der Waals surface area contributed by atoms with Crippen LogP contribution in [-0.2, 0) is 0 Å². The molecular formula is C14H10F2N2. The fraction of sp³-hybridized carbons (Fsp3) is 0. The third-order valence-electron chi connectivity index (χ3n) is 2.76. The van der Waals surface area contributed by atoms with Crippen molar-refractivity contribution in [3.8, 4) is 0 Å². The van der Waals surface area contributed by atoms with Crippen LogP contribution in [0.2, 0.25) is 0 Å². The molecule has 0 aliphatic carbocycles. The summed E-state index contributed by atoms with van der Waals surface area (Å²) in [4.78, 5) is 3.08. The molecule has 0 amide bonds. The molecule has 0 radical (unpaired) electrons. The lowest BCUT2D eigenvalue weighted by Crippen LogP contribution is -1.94. The summed E-state index contributed by atoms with van der Waals surface area (Å²) in [5.41, 5.74) is 2.03. The number of halogens is 2. The molecule has 0 saturated heterocycles. The number of hydrogen-bond acceptors (Lipinski definition) is 1. The van der Waals surface area contributed by atoms with Crippen LogP contribution < -0.4 is 5.32 Å². The van der Waals surface area contributed by atoms with Crippen molar-refractivity contribution in [2.24, 2.45) is 0 Å². The van der Waals surface area contributed by atoms with Gasteiger partial charge in [-0.2, -0.15) is 0 Å². The molecule has 0 fully saturated rings. The Labute approximate surface area is 102 Å². The Morgan fingerprint density at radius 1 is 0.944 bits per heavy atom. The highest BCUT2D eigenvalue weighted by atomic mass is 19.1. The second kappa shape index (κ2) is 4.14. The first-order valence-corrected chi connectivity index (χ1v) is 5.51. The van der Waals surface area contributed by atoms with Gasteiger partial charge in [0.2, 0.25) is 0 Å². The minimum atomic E-state index is -0.607. The van der Waals surface area contributed by atoms with Gasteiger partial charge in [0.15, 0.2) is 0 Å². The lowest BCUT2D eigenvalue weighted by Gasteiger charge is -2.07. The van der Waals surface area contributed by atoms with E-state index in [4.69, 9.17) is 0 Å². The molecule has 18 heavy (non-hydrogen) atoms. The molecule has 0 spiro atoms. The van der Waals surface area contributed by atoms with Crippen molar-refractivity contribution in [2.45, 2.75) is 0 Å². The summed E-state index contributed by atoms with van der Waals surface area (Å²) >= 11 is 0. The number of aromatic amines is 1. The Morgan fingerprint density at radius 2 is 1.83 bits per heavy atom. The summed E-state index contributed by atoms with van der Waals surface area (Å²) in [7, 11) is 0. The van der Waals surface area contributed by atoms with Gasteiger partial charge in [-0.15, -0.1) is 0 Å². The van der Waals surface area contributed by atoms with Crippen LogP contribution in [-0.4, -0.2) is 4.98 Å². The Kier molecular flexibility index (Phi) is 2.48. The molecule has 2 N–H and O–H groups in total. The summed E-state index contributed by atoms with van der Waals surface area (Å²) in [6.07, 6.45) is 1.84. The van der Waals surface area contributed by atoms with Gasteiger partial charge in [-0.1, -0.05) is 0 Å². The quantitative estimate of drug-likeness (QED) is 0.695. The lowest BCUT2D eigenvalue weighted by atomic mass is 10.2. The minimum Gasteiger partial charge on any atom is -0.361 e. The van der Waals surface area contributed by atoms with E-state index in [1.54, 1.807) is 0 Å². The second-order valence-electron chi connectivity index (χ2n) is 4.03. The average Bonchev–Trinajstić information content (AvgIpc) is 2.80. The van der Waals surface area contributed by atoms with Crippen molar-refractivity contribution in [2.75, 3.05) is 5.32 Å². The highest BCUT2D eigenvalue weighted by Gasteiger charge is 2.04. The van der Waals surface area contributed by atoms with Crippen molar-refractivity contribution in [3.05, 3.63) is 60.3 Å². The largest absolute Gasteiger partial charge is 0.361 e. The van der Waals surface area contributed by atoms with E-state index in [0.717, 1.165) is 22.7 Å². The predicted molar refractivity (Wildman–Crippen MR) is 67.9 cm³/mol. The maximum atomic E-state index is 13.5. The van der Waals surface area contributed by atoms with Crippen molar-refractivity contribution >= 4 is 22.3 Å². The van der Waals surface area contributed by atoms with Crippen LogP contribution in [0.1, 0.15) is 0 Å². The zero-order valence-corrected chi connectivity index (χ0v) is 9.37.